The van der Waals surface area contributed by atoms with E-state index >= 15 is 0 Å². The van der Waals surface area contributed by atoms with Crippen LogP contribution in [0.25, 0.3) is 11.1 Å². The number of rotatable bonds is 5. The monoisotopic (exact) mass is 454 g/mol. The molecule has 0 saturated carbocycles. The molecule has 0 radical (unpaired) electrons. The second-order valence-corrected chi connectivity index (χ2v) is 12.7. The van der Waals surface area contributed by atoms with Gasteiger partial charge in [-0.2, -0.15) is 0 Å². The van der Waals surface area contributed by atoms with Crippen molar-refractivity contribution in [2.45, 2.75) is 6.42 Å². The fourth-order valence-corrected chi connectivity index (χ4v) is 10.3. The molecule has 34 heavy (non-hydrogen) atoms. The molecule has 0 bridgehead atoms. The van der Waals surface area contributed by atoms with Crippen LogP contribution in [0.15, 0.2) is 127 Å². The Hall–Kier alpha value is -3.88. The molecule has 0 fully saturated rings. The molecule has 0 heterocycles. The van der Waals surface area contributed by atoms with Crippen molar-refractivity contribution in [2.24, 2.45) is 0 Å². The van der Waals surface area contributed by atoms with Crippen LogP contribution in [0.1, 0.15) is 11.1 Å². The first-order chi connectivity index (χ1) is 16.8. The van der Waals surface area contributed by atoms with Crippen LogP contribution in [0.4, 0.5) is 0 Å². The van der Waals surface area contributed by atoms with E-state index in [2.05, 4.69) is 127 Å². The van der Waals surface area contributed by atoms with Gasteiger partial charge in [-0.15, -0.1) is 0 Å². The van der Waals surface area contributed by atoms with Gasteiger partial charge in [-0.1, -0.05) is 115 Å². The number of hydrogen-bond donors (Lipinski definition) is 0. The molecule has 5 aromatic rings. The lowest BCUT2D eigenvalue weighted by Crippen LogP contribution is -2.74. The van der Waals surface area contributed by atoms with Gasteiger partial charge in [0.05, 0.1) is 7.11 Å². The van der Waals surface area contributed by atoms with Crippen molar-refractivity contribution in [1.82, 2.24) is 0 Å². The molecule has 5 aromatic carbocycles. The van der Waals surface area contributed by atoms with Crippen molar-refractivity contribution in [2.75, 3.05) is 7.11 Å². The Labute approximate surface area is 202 Å². The van der Waals surface area contributed by atoms with Gasteiger partial charge in [-0.3, -0.25) is 0 Å². The van der Waals surface area contributed by atoms with Crippen LogP contribution in [0.2, 0.25) is 0 Å². The van der Waals surface area contributed by atoms with E-state index in [1.54, 1.807) is 7.11 Å². The van der Waals surface area contributed by atoms with Gasteiger partial charge in [0.2, 0.25) is 0 Å². The molecule has 0 spiro atoms. The highest BCUT2D eigenvalue weighted by molar-refractivity contribution is 7.19. The Kier molecular flexibility index (Phi) is 5.16. The number of ether oxygens (including phenoxy) is 1. The fraction of sp³-hybridized carbons (Fsp3) is 0.0625. The molecule has 2 heteroatoms. The predicted molar refractivity (Wildman–Crippen MR) is 145 cm³/mol. The van der Waals surface area contributed by atoms with Crippen LogP contribution >= 0.6 is 0 Å². The van der Waals surface area contributed by atoms with Gasteiger partial charge < -0.3 is 4.74 Å². The standard InChI is InChI=1S/C32H26OSi/c1-33-26-19-17-24-21-25-18-20-30(23-32(25)31(24)22-26)34(27-11-5-2-6-12-27,28-13-7-3-8-14-28)29-15-9-4-10-16-29/h2-20,22-23H,21H2,1H3. The Morgan fingerprint density at radius 2 is 0.971 bits per heavy atom. The Bertz CT molecular complexity index is 1350. The van der Waals surface area contributed by atoms with Crippen molar-refractivity contribution >= 4 is 28.8 Å². The lowest BCUT2D eigenvalue weighted by molar-refractivity contribution is 0.415. The van der Waals surface area contributed by atoms with Gasteiger partial charge in [0.1, 0.15) is 5.75 Å². The minimum atomic E-state index is -2.52. The first-order valence-electron chi connectivity index (χ1n) is 11.8. The second-order valence-electron chi connectivity index (χ2n) is 8.92. The van der Waals surface area contributed by atoms with E-state index in [-0.39, 0.29) is 0 Å². The lowest BCUT2D eigenvalue weighted by atomic mass is 10.1. The van der Waals surface area contributed by atoms with Crippen LogP contribution in [0.5, 0.6) is 5.75 Å². The summed E-state index contributed by atoms with van der Waals surface area (Å²) >= 11 is 0. The molecular weight excluding hydrogens is 428 g/mol. The molecule has 1 aliphatic carbocycles. The molecule has 6 rings (SSSR count). The first kappa shape index (κ1) is 20.7. The van der Waals surface area contributed by atoms with E-state index < -0.39 is 8.07 Å². The minimum absolute atomic E-state index is 0.912. The number of methoxy groups -OCH3 is 1. The molecule has 0 aromatic heterocycles. The maximum atomic E-state index is 5.57. The van der Waals surface area contributed by atoms with E-state index in [0.717, 1.165) is 12.2 Å². The maximum absolute atomic E-state index is 5.57. The molecule has 0 aliphatic heterocycles. The van der Waals surface area contributed by atoms with E-state index in [4.69, 9.17) is 4.74 Å². The summed E-state index contributed by atoms with van der Waals surface area (Å²) in [6, 6.07) is 47.0. The highest BCUT2D eigenvalue weighted by atomic mass is 28.3. The molecule has 0 N–H and O–H groups in total. The van der Waals surface area contributed by atoms with Crippen molar-refractivity contribution < 1.29 is 4.74 Å². The smallest absolute Gasteiger partial charge is 0.179 e. The summed E-state index contributed by atoms with van der Waals surface area (Å²) in [5, 5.41) is 5.61. The van der Waals surface area contributed by atoms with Gasteiger partial charge >= 0.3 is 0 Å². The van der Waals surface area contributed by atoms with Crippen molar-refractivity contribution in [3.63, 3.8) is 0 Å². The summed E-state index contributed by atoms with van der Waals surface area (Å²) in [6.45, 7) is 0. The highest BCUT2D eigenvalue weighted by Crippen LogP contribution is 2.38. The summed E-state index contributed by atoms with van der Waals surface area (Å²) in [6.07, 6.45) is 0.978. The second kappa shape index (κ2) is 8.47. The van der Waals surface area contributed by atoms with Gasteiger partial charge in [-0.05, 0) is 61.6 Å². The molecule has 1 aliphatic rings. The molecule has 0 atom stereocenters. The fourth-order valence-electron chi connectivity index (χ4n) is 5.57. The van der Waals surface area contributed by atoms with Crippen molar-refractivity contribution in [3.05, 3.63) is 139 Å². The third-order valence-electron chi connectivity index (χ3n) is 7.15. The van der Waals surface area contributed by atoms with Gasteiger partial charge in [-0.25, -0.2) is 0 Å². The van der Waals surface area contributed by atoms with Gasteiger partial charge in [0.25, 0.3) is 0 Å². The van der Waals surface area contributed by atoms with E-state index in [1.165, 1.54) is 43.0 Å². The highest BCUT2D eigenvalue weighted by Gasteiger charge is 2.41. The van der Waals surface area contributed by atoms with Crippen LogP contribution in [0, 0.1) is 0 Å². The van der Waals surface area contributed by atoms with E-state index in [9.17, 15) is 0 Å². The Balaban J connectivity index is 1.68. The molecule has 0 saturated heterocycles. The van der Waals surface area contributed by atoms with Crippen molar-refractivity contribution in [3.8, 4) is 16.9 Å². The van der Waals surface area contributed by atoms with Gasteiger partial charge in [0.15, 0.2) is 8.07 Å². The molecule has 1 nitrogen and oxygen atoms in total. The van der Waals surface area contributed by atoms with Crippen molar-refractivity contribution in [1.29, 1.82) is 0 Å². The lowest BCUT2D eigenvalue weighted by Gasteiger charge is -2.34. The summed E-state index contributed by atoms with van der Waals surface area (Å²) in [5.74, 6) is 0.912. The normalized spacial score (nSPS) is 12.1. The molecule has 0 unspecified atom stereocenters. The quantitative estimate of drug-likeness (QED) is 0.272. The topological polar surface area (TPSA) is 9.23 Å². The Morgan fingerprint density at radius 1 is 0.500 bits per heavy atom. The van der Waals surface area contributed by atoms with Crippen LogP contribution in [-0.2, 0) is 6.42 Å². The largest absolute Gasteiger partial charge is 0.497 e. The zero-order chi connectivity index (χ0) is 23.0. The predicted octanol–water partition coefficient (Wildman–Crippen LogP) is 4.64. The molecule has 0 amide bonds. The van der Waals surface area contributed by atoms with Crippen LogP contribution < -0.4 is 25.5 Å². The SMILES string of the molecule is COc1ccc2c(c1)-c1cc([Si](c3ccccc3)(c3ccccc3)c3ccccc3)ccc1C2. The average molecular weight is 455 g/mol. The average Bonchev–Trinajstić information content (AvgIpc) is 3.28. The van der Waals surface area contributed by atoms with Crippen LogP contribution in [0.3, 0.4) is 0 Å². The van der Waals surface area contributed by atoms with Crippen LogP contribution in [-0.4, -0.2) is 15.2 Å². The maximum Gasteiger partial charge on any atom is 0.179 e. The first-order valence-corrected chi connectivity index (χ1v) is 13.8. The zero-order valence-electron chi connectivity index (χ0n) is 19.2. The summed E-state index contributed by atoms with van der Waals surface area (Å²) in [4.78, 5) is 0. The third kappa shape index (κ3) is 3.22. The number of benzene rings is 5. The molecule has 164 valence electrons. The van der Waals surface area contributed by atoms with E-state index in [1.807, 2.05) is 0 Å². The van der Waals surface area contributed by atoms with Gasteiger partial charge in [0, 0.05) is 0 Å². The zero-order valence-corrected chi connectivity index (χ0v) is 20.2. The minimum Gasteiger partial charge on any atom is -0.497 e. The summed E-state index contributed by atoms with van der Waals surface area (Å²) < 4.78 is 5.57. The number of fused-ring (bicyclic) bond motifs is 3. The Morgan fingerprint density at radius 3 is 1.47 bits per heavy atom. The summed E-state index contributed by atoms with van der Waals surface area (Å²) in [5.41, 5.74) is 5.41. The summed E-state index contributed by atoms with van der Waals surface area (Å²) in [7, 11) is -0.775. The molecular formula is C32H26OSi. The van der Waals surface area contributed by atoms with E-state index in [0.29, 0.717) is 0 Å². The number of hydrogen-bond acceptors (Lipinski definition) is 1. The third-order valence-corrected chi connectivity index (χ3v) is 11.9.